The van der Waals surface area contributed by atoms with E-state index in [1.165, 1.54) is 0 Å². The molecule has 8 heteroatoms. The second-order valence-corrected chi connectivity index (χ2v) is 6.89. The summed E-state index contributed by atoms with van der Waals surface area (Å²) in [6.45, 7) is 1.96. The third-order valence-corrected chi connectivity index (χ3v) is 4.47. The molecule has 1 aliphatic rings. The lowest BCUT2D eigenvalue weighted by atomic mass is 10.1. The number of carbonyl (C=O) groups is 2. The molecule has 7 nitrogen and oxygen atoms in total. The number of aliphatic carboxylic acids is 1. The van der Waals surface area contributed by atoms with Crippen LogP contribution in [0.5, 0.6) is 0 Å². The average Bonchev–Trinajstić information content (AvgIpc) is 2.54. The molecule has 1 aliphatic heterocycles. The van der Waals surface area contributed by atoms with Gasteiger partial charge in [0.15, 0.2) is 9.84 Å². The Kier molecular flexibility index (Phi) is 4.94. The van der Waals surface area contributed by atoms with Crippen LogP contribution in [0.4, 0.5) is 4.79 Å². The number of sulfone groups is 1. The van der Waals surface area contributed by atoms with E-state index in [2.05, 4.69) is 10.6 Å². The molecule has 2 amide bonds. The number of carboxylic acids is 1. The van der Waals surface area contributed by atoms with Gasteiger partial charge in [-0.25, -0.2) is 13.2 Å². The largest absolute Gasteiger partial charge is 0.481 e. The second kappa shape index (κ2) is 6.03. The molecule has 2 unspecified atom stereocenters. The smallest absolute Gasteiger partial charge is 0.315 e. The van der Waals surface area contributed by atoms with E-state index in [4.69, 9.17) is 5.11 Å². The second-order valence-electron chi connectivity index (χ2n) is 4.66. The summed E-state index contributed by atoms with van der Waals surface area (Å²) in [7, 11) is -3.01. The van der Waals surface area contributed by atoms with E-state index in [9.17, 15) is 18.0 Å². The SMILES string of the molecule is CC(CNC(=O)NC1CCS(=O)(=O)C1)CC(=O)O. The summed E-state index contributed by atoms with van der Waals surface area (Å²) < 4.78 is 22.3. The molecule has 0 aromatic carbocycles. The Hall–Kier alpha value is -1.31. The normalized spacial score (nSPS) is 23.3. The number of nitrogens with one attached hydrogen (secondary N) is 2. The van der Waals surface area contributed by atoms with Crippen molar-refractivity contribution in [1.29, 1.82) is 0 Å². The highest BCUT2D eigenvalue weighted by Crippen LogP contribution is 2.10. The zero-order chi connectivity index (χ0) is 13.8. The lowest BCUT2D eigenvalue weighted by Crippen LogP contribution is -2.44. The maximum atomic E-state index is 11.4. The Morgan fingerprint density at radius 1 is 1.44 bits per heavy atom. The first kappa shape index (κ1) is 14.7. The highest BCUT2D eigenvalue weighted by molar-refractivity contribution is 7.91. The van der Waals surface area contributed by atoms with E-state index in [1.54, 1.807) is 6.92 Å². The topological polar surface area (TPSA) is 113 Å². The quantitative estimate of drug-likeness (QED) is 0.632. The van der Waals surface area contributed by atoms with E-state index < -0.39 is 21.8 Å². The molecule has 104 valence electrons. The Morgan fingerprint density at radius 3 is 2.61 bits per heavy atom. The number of hydrogen-bond donors (Lipinski definition) is 3. The molecular formula is C10H18N2O5S. The predicted octanol–water partition coefficient (Wildman–Crippen LogP) is -0.416. The van der Waals surface area contributed by atoms with Crippen molar-refractivity contribution in [3.63, 3.8) is 0 Å². The fraction of sp³-hybridized carbons (Fsp3) is 0.800. The van der Waals surface area contributed by atoms with Gasteiger partial charge in [0.1, 0.15) is 0 Å². The summed E-state index contributed by atoms with van der Waals surface area (Å²) in [5.41, 5.74) is 0. The monoisotopic (exact) mass is 278 g/mol. The van der Waals surface area contributed by atoms with Crippen LogP contribution in [0.15, 0.2) is 0 Å². The molecule has 0 aliphatic carbocycles. The Morgan fingerprint density at radius 2 is 2.11 bits per heavy atom. The van der Waals surface area contributed by atoms with Crippen LogP contribution >= 0.6 is 0 Å². The van der Waals surface area contributed by atoms with Gasteiger partial charge in [-0.2, -0.15) is 0 Å². The van der Waals surface area contributed by atoms with Gasteiger partial charge in [-0.3, -0.25) is 4.79 Å². The van der Waals surface area contributed by atoms with Crippen molar-refractivity contribution in [1.82, 2.24) is 10.6 Å². The highest BCUT2D eigenvalue weighted by atomic mass is 32.2. The first-order chi connectivity index (χ1) is 8.28. The summed E-state index contributed by atoms with van der Waals surface area (Å²) in [6.07, 6.45) is 0.415. The van der Waals surface area contributed by atoms with Crippen molar-refractivity contribution in [2.24, 2.45) is 5.92 Å². The fourth-order valence-electron chi connectivity index (χ4n) is 1.78. The van der Waals surface area contributed by atoms with Gasteiger partial charge in [0.2, 0.25) is 0 Å². The number of hydrogen-bond acceptors (Lipinski definition) is 4. The third-order valence-electron chi connectivity index (χ3n) is 2.70. The first-order valence-electron chi connectivity index (χ1n) is 5.75. The van der Waals surface area contributed by atoms with Gasteiger partial charge in [-0.05, 0) is 12.3 Å². The molecule has 0 bridgehead atoms. The van der Waals surface area contributed by atoms with Crippen LogP contribution in [0.1, 0.15) is 19.8 Å². The van der Waals surface area contributed by atoms with E-state index in [1.807, 2.05) is 0 Å². The number of carboxylic acid groups (broad SMARTS) is 1. The van der Waals surface area contributed by atoms with Crippen molar-refractivity contribution >= 4 is 21.8 Å². The minimum absolute atomic E-state index is 0.0158. The van der Waals surface area contributed by atoms with Crippen molar-refractivity contribution < 1.29 is 23.1 Å². The number of amides is 2. The molecule has 2 atom stereocenters. The van der Waals surface area contributed by atoms with Crippen LogP contribution in [-0.4, -0.2) is 49.6 Å². The molecule has 0 aromatic rings. The molecule has 0 aromatic heterocycles. The van der Waals surface area contributed by atoms with Crippen molar-refractivity contribution in [2.75, 3.05) is 18.1 Å². The van der Waals surface area contributed by atoms with Crippen molar-refractivity contribution in [2.45, 2.75) is 25.8 Å². The molecule has 1 rings (SSSR count). The first-order valence-corrected chi connectivity index (χ1v) is 7.57. The molecule has 1 heterocycles. The maximum Gasteiger partial charge on any atom is 0.315 e. The van der Waals surface area contributed by atoms with E-state index in [0.29, 0.717) is 6.42 Å². The molecule has 1 fully saturated rings. The van der Waals surface area contributed by atoms with Crippen LogP contribution in [0.3, 0.4) is 0 Å². The Bertz CT molecular complexity index is 420. The zero-order valence-electron chi connectivity index (χ0n) is 10.2. The van der Waals surface area contributed by atoms with E-state index in [0.717, 1.165) is 0 Å². The number of rotatable bonds is 5. The molecule has 0 saturated carbocycles. The van der Waals surface area contributed by atoms with Crippen LogP contribution in [0.2, 0.25) is 0 Å². The van der Waals surface area contributed by atoms with Gasteiger partial charge < -0.3 is 15.7 Å². The summed E-state index contributed by atoms with van der Waals surface area (Å²) in [5.74, 6) is -0.995. The fourth-order valence-corrected chi connectivity index (χ4v) is 3.46. The summed E-state index contributed by atoms with van der Waals surface area (Å²) in [6, 6.07) is -0.792. The molecule has 3 N–H and O–H groups in total. The summed E-state index contributed by atoms with van der Waals surface area (Å²) in [4.78, 5) is 21.8. The molecule has 0 spiro atoms. The minimum Gasteiger partial charge on any atom is -0.481 e. The van der Waals surface area contributed by atoms with Crippen LogP contribution in [-0.2, 0) is 14.6 Å². The van der Waals surface area contributed by atoms with Gasteiger partial charge in [0.05, 0.1) is 11.5 Å². The number of urea groups is 1. The molecule has 18 heavy (non-hydrogen) atoms. The van der Waals surface area contributed by atoms with E-state index >= 15 is 0 Å². The van der Waals surface area contributed by atoms with Crippen LogP contribution in [0, 0.1) is 5.92 Å². The van der Waals surface area contributed by atoms with Gasteiger partial charge in [-0.1, -0.05) is 6.92 Å². The maximum absolute atomic E-state index is 11.4. The standard InChI is InChI=1S/C10H18N2O5S/c1-7(4-9(13)14)5-11-10(15)12-8-2-3-18(16,17)6-8/h7-8H,2-6H2,1H3,(H,13,14)(H2,11,12,15). The lowest BCUT2D eigenvalue weighted by molar-refractivity contribution is -0.137. The minimum atomic E-state index is -3.01. The summed E-state index contributed by atoms with van der Waals surface area (Å²) in [5, 5.41) is 13.6. The molecular weight excluding hydrogens is 260 g/mol. The Labute approximate surface area is 106 Å². The van der Waals surface area contributed by atoms with E-state index in [-0.39, 0.29) is 36.4 Å². The van der Waals surface area contributed by atoms with Gasteiger partial charge >= 0.3 is 12.0 Å². The van der Waals surface area contributed by atoms with Crippen molar-refractivity contribution in [3.8, 4) is 0 Å². The van der Waals surface area contributed by atoms with Gasteiger partial charge in [0.25, 0.3) is 0 Å². The average molecular weight is 278 g/mol. The summed E-state index contributed by atoms with van der Waals surface area (Å²) >= 11 is 0. The lowest BCUT2D eigenvalue weighted by Gasteiger charge is -2.14. The van der Waals surface area contributed by atoms with Crippen LogP contribution in [0.25, 0.3) is 0 Å². The van der Waals surface area contributed by atoms with Crippen molar-refractivity contribution in [3.05, 3.63) is 0 Å². The van der Waals surface area contributed by atoms with Gasteiger partial charge in [-0.15, -0.1) is 0 Å². The highest BCUT2D eigenvalue weighted by Gasteiger charge is 2.28. The zero-order valence-corrected chi connectivity index (χ0v) is 11.0. The molecule has 0 radical (unpaired) electrons. The third kappa shape index (κ3) is 5.35. The Balaban J connectivity index is 2.24. The van der Waals surface area contributed by atoms with Gasteiger partial charge in [0, 0.05) is 19.0 Å². The van der Waals surface area contributed by atoms with Crippen LogP contribution < -0.4 is 10.6 Å². The predicted molar refractivity (Wildman–Crippen MR) is 65.0 cm³/mol. The number of carbonyl (C=O) groups excluding carboxylic acids is 1. The molecule has 1 saturated heterocycles.